The molecule has 1 aromatic carbocycles. The Kier molecular flexibility index (Phi) is 13.5. The van der Waals surface area contributed by atoms with Gasteiger partial charge in [-0.15, -0.1) is 0 Å². The van der Waals surface area contributed by atoms with Crippen LogP contribution < -0.4 is 4.74 Å². The summed E-state index contributed by atoms with van der Waals surface area (Å²) in [7, 11) is 0. The Bertz CT molecular complexity index is 564. The predicted molar refractivity (Wildman–Crippen MR) is 127 cm³/mol. The lowest BCUT2D eigenvalue weighted by Gasteiger charge is -2.16. The summed E-state index contributed by atoms with van der Waals surface area (Å²) in [6.07, 6.45) is 13.3. The van der Waals surface area contributed by atoms with Gasteiger partial charge in [-0.25, -0.2) is 4.79 Å². The lowest BCUT2D eigenvalue weighted by molar-refractivity contribution is 0.0697. The van der Waals surface area contributed by atoms with E-state index in [0.717, 1.165) is 29.9 Å². The summed E-state index contributed by atoms with van der Waals surface area (Å²) < 4.78 is 5.76. The molecule has 0 amide bonds. The van der Waals surface area contributed by atoms with Gasteiger partial charge in [-0.3, -0.25) is 0 Å². The van der Waals surface area contributed by atoms with Crippen LogP contribution >= 0.6 is 0 Å². The number of ether oxygens (including phenoxy) is 1. The van der Waals surface area contributed by atoms with E-state index < -0.39 is 5.97 Å². The van der Waals surface area contributed by atoms with E-state index in [1.165, 1.54) is 57.8 Å². The molecule has 0 spiro atoms. The first kappa shape index (κ1) is 26.5. The molecule has 3 atom stereocenters. The van der Waals surface area contributed by atoms with Crippen molar-refractivity contribution in [3.8, 4) is 5.75 Å². The van der Waals surface area contributed by atoms with Crippen LogP contribution in [0.25, 0.3) is 0 Å². The van der Waals surface area contributed by atoms with Crippen molar-refractivity contribution >= 4 is 5.97 Å². The van der Waals surface area contributed by atoms with Crippen molar-refractivity contribution in [2.45, 2.75) is 98.8 Å². The first-order valence-corrected chi connectivity index (χ1v) is 12.2. The summed E-state index contributed by atoms with van der Waals surface area (Å²) in [4.78, 5) is 10.9. The molecule has 1 aromatic rings. The van der Waals surface area contributed by atoms with Gasteiger partial charge in [0.15, 0.2) is 0 Å². The largest absolute Gasteiger partial charge is 0.494 e. The maximum absolute atomic E-state index is 10.9. The van der Waals surface area contributed by atoms with Crippen LogP contribution in [0.1, 0.15) is 109 Å². The zero-order chi connectivity index (χ0) is 22.4. The number of carboxylic acids is 1. The molecule has 0 heterocycles. The van der Waals surface area contributed by atoms with Crippen molar-refractivity contribution in [1.82, 2.24) is 0 Å². The highest BCUT2D eigenvalue weighted by Gasteiger charge is 2.09. The normalized spacial score (nSPS) is 14.5. The molecule has 0 aliphatic rings. The Hall–Kier alpha value is -1.51. The summed E-state index contributed by atoms with van der Waals surface area (Å²) in [6.45, 7) is 12.5. The van der Waals surface area contributed by atoms with Crippen LogP contribution in [0.5, 0.6) is 5.75 Å². The van der Waals surface area contributed by atoms with Crippen LogP contribution in [0.3, 0.4) is 0 Å². The third-order valence-electron chi connectivity index (χ3n) is 6.25. The molecule has 0 aliphatic heterocycles. The Labute approximate surface area is 185 Å². The number of hydrogen-bond donors (Lipinski definition) is 1. The van der Waals surface area contributed by atoms with E-state index in [4.69, 9.17) is 9.84 Å². The average molecular weight is 419 g/mol. The average Bonchev–Trinajstić information content (AvgIpc) is 2.68. The highest BCUT2D eigenvalue weighted by Crippen LogP contribution is 2.23. The molecule has 3 heteroatoms. The minimum Gasteiger partial charge on any atom is -0.494 e. The number of benzene rings is 1. The first-order chi connectivity index (χ1) is 14.3. The van der Waals surface area contributed by atoms with E-state index >= 15 is 0 Å². The van der Waals surface area contributed by atoms with Crippen LogP contribution in [-0.2, 0) is 0 Å². The molecule has 0 saturated carbocycles. The minimum atomic E-state index is -0.902. The van der Waals surface area contributed by atoms with Gasteiger partial charge < -0.3 is 9.84 Å². The van der Waals surface area contributed by atoms with Gasteiger partial charge in [-0.2, -0.15) is 0 Å². The van der Waals surface area contributed by atoms with Crippen LogP contribution in [0.4, 0.5) is 0 Å². The maximum Gasteiger partial charge on any atom is 0.335 e. The van der Waals surface area contributed by atoms with Gasteiger partial charge in [0.1, 0.15) is 5.75 Å². The fourth-order valence-electron chi connectivity index (χ4n) is 4.01. The van der Waals surface area contributed by atoms with Crippen LogP contribution in [0.2, 0.25) is 0 Å². The van der Waals surface area contributed by atoms with E-state index in [0.29, 0.717) is 18.1 Å². The number of carbonyl (C=O) groups is 1. The molecule has 0 aliphatic carbocycles. The summed E-state index contributed by atoms with van der Waals surface area (Å²) in [6, 6.07) is 6.66. The molecular formula is C27H46O3. The molecule has 172 valence electrons. The fraction of sp³-hybridized carbons (Fsp3) is 0.741. The van der Waals surface area contributed by atoms with Crippen molar-refractivity contribution < 1.29 is 14.6 Å². The van der Waals surface area contributed by atoms with E-state index in [1.807, 2.05) is 0 Å². The van der Waals surface area contributed by atoms with E-state index in [1.54, 1.807) is 24.3 Å². The lowest BCUT2D eigenvalue weighted by atomic mass is 9.91. The van der Waals surface area contributed by atoms with Gasteiger partial charge in [0.05, 0.1) is 12.2 Å². The standard InChI is InChI=1S/C27H46O3/c1-21(2)9-6-10-22(3)11-7-12-23(4)13-8-14-24(5)19-20-30-26-17-15-25(16-18-26)27(28)29/h15-18,21-24H,6-14,19-20H2,1-5H3,(H,28,29). The molecule has 3 nitrogen and oxygen atoms in total. The van der Waals surface area contributed by atoms with Crippen LogP contribution in [-0.4, -0.2) is 17.7 Å². The molecule has 0 bridgehead atoms. The molecule has 0 radical (unpaired) electrons. The van der Waals surface area contributed by atoms with E-state index in [9.17, 15) is 4.79 Å². The van der Waals surface area contributed by atoms with Crippen molar-refractivity contribution in [3.63, 3.8) is 0 Å². The second-order valence-corrected chi connectivity index (χ2v) is 9.97. The van der Waals surface area contributed by atoms with Crippen molar-refractivity contribution in [2.24, 2.45) is 23.7 Å². The second-order valence-electron chi connectivity index (χ2n) is 9.97. The third kappa shape index (κ3) is 12.9. The summed E-state index contributed by atoms with van der Waals surface area (Å²) in [5, 5.41) is 8.92. The smallest absolute Gasteiger partial charge is 0.335 e. The maximum atomic E-state index is 10.9. The quantitative estimate of drug-likeness (QED) is 0.277. The Balaban J connectivity index is 2.04. The van der Waals surface area contributed by atoms with Gasteiger partial charge in [-0.1, -0.05) is 92.4 Å². The van der Waals surface area contributed by atoms with Gasteiger partial charge in [0, 0.05) is 0 Å². The van der Waals surface area contributed by atoms with Gasteiger partial charge in [0.25, 0.3) is 0 Å². The molecule has 0 aromatic heterocycles. The Morgan fingerprint density at radius 3 is 1.60 bits per heavy atom. The predicted octanol–water partition coefficient (Wildman–Crippen LogP) is 8.23. The zero-order valence-electron chi connectivity index (χ0n) is 20.2. The Morgan fingerprint density at radius 2 is 1.17 bits per heavy atom. The summed E-state index contributed by atoms with van der Waals surface area (Å²) >= 11 is 0. The summed E-state index contributed by atoms with van der Waals surface area (Å²) in [5.41, 5.74) is 0.297. The topological polar surface area (TPSA) is 46.5 Å². The number of aromatic carboxylic acids is 1. The van der Waals surface area contributed by atoms with Gasteiger partial charge in [0.2, 0.25) is 0 Å². The molecule has 1 rings (SSSR count). The van der Waals surface area contributed by atoms with Crippen molar-refractivity contribution in [2.75, 3.05) is 6.61 Å². The van der Waals surface area contributed by atoms with Gasteiger partial charge in [-0.05, 0) is 54.4 Å². The second kappa shape index (κ2) is 15.3. The van der Waals surface area contributed by atoms with Crippen LogP contribution in [0, 0.1) is 23.7 Å². The number of rotatable bonds is 17. The third-order valence-corrected chi connectivity index (χ3v) is 6.25. The molecule has 1 N–H and O–H groups in total. The SMILES string of the molecule is CC(C)CCCC(C)CCCC(C)CCCC(C)CCOc1ccc(C(=O)O)cc1. The number of carboxylic acid groups (broad SMARTS) is 1. The number of hydrogen-bond acceptors (Lipinski definition) is 2. The lowest BCUT2D eigenvalue weighted by Crippen LogP contribution is -2.05. The molecule has 3 unspecified atom stereocenters. The fourth-order valence-corrected chi connectivity index (χ4v) is 4.01. The highest BCUT2D eigenvalue weighted by atomic mass is 16.5. The minimum absolute atomic E-state index is 0.297. The van der Waals surface area contributed by atoms with E-state index in [2.05, 4.69) is 34.6 Å². The van der Waals surface area contributed by atoms with Gasteiger partial charge >= 0.3 is 5.97 Å². The van der Waals surface area contributed by atoms with Crippen LogP contribution in [0.15, 0.2) is 24.3 Å². The summed E-state index contributed by atoms with van der Waals surface area (Å²) in [5.74, 6) is 3.08. The van der Waals surface area contributed by atoms with Crippen molar-refractivity contribution in [1.29, 1.82) is 0 Å². The van der Waals surface area contributed by atoms with E-state index in [-0.39, 0.29) is 0 Å². The Morgan fingerprint density at radius 1 is 0.733 bits per heavy atom. The highest BCUT2D eigenvalue weighted by molar-refractivity contribution is 5.87. The van der Waals surface area contributed by atoms with Crippen molar-refractivity contribution in [3.05, 3.63) is 29.8 Å². The first-order valence-electron chi connectivity index (χ1n) is 12.2. The monoisotopic (exact) mass is 418 g/mol. The molecule has 0 saturated heterocycles. The molecular weight excluding hydrogens is 372 g/mol. The molecule has 0 fully saturated rings. The molecule has 30 heavy (non-hydrogen) atoms. The zero-order valence-corrected chi connectivity index (χ0v) is 20.2.